The molecule has 2 bridgehead atoms. The largest absolute Gasteiger partial charge is 0.198 e. The van der Waals surface area contributed by atoms with E-state index < -0.39 is 0 Å². The molecule has 0 aliphatic heterocycles. The van der Waals surface area contributed by atoms with Gasteiger partial charge in [0, 0.05) is 5.92 Å². The van der Waals surface area contributed by atoms with Gasteiger partial charge in [-0.05, 0) is 36.0 Å². The standard InChI is InChI=1S/C11H17N/c1-7-8(6-12)4-9-5-10(7)11(9,2)3/h7-10H,4-5H2,1-3H3/t7-,8-,9+,10+/m0/s1. The highest BCUT2D eigenvalue weighted by molar-refractivity contribution is 5.09. The quantitative estimate of drug-likeness (QED) is 0.538. The summed E-state index contributed by atoms with van der Waals surface area (Å²) in [6.07, 6.45) is 2.54. The molecular weight excluding hydrogens is 146 g/mol. The minimum atomic E-state index is 0.349. The lowest BCUT2D eigenvalue weighted by Gasteiger charge is -2.61. The summed E-state index contributed by atoms with van der Waals surface area (Å²) < 4.78 is 0. The first-order valence-electron chi connectivity index (χ1n) is 4.97. The Morgan fingerprint density at radius 1 is 1.33 bits per heavy atom. The molecule has 1 nitrogen and oxygen atoms in total. The molecule has 1 heteroatoms. The average molecular weight is 163 g/mol. The van der Waals surface area contributed by atoms with E-state index in [1.807, 2.05) is 0 Å². The molecule has 0 radical (unpaired) electrons. The Kier molecular flexibility index (Phi) is 1.52. The average Bonchev–Trinajstić information content (AvgIpc) is 2.03. The van der Waals surface area contributed by atoms with Crippen LogP contribution in [0.3, 0.4) is 0 Å². The van der Waals surface area contributed by atoms with Gasteiger partial charge in [0.2, 0.25) is 0 Å². The SMILES string of the molecule is C[C@H]1[C@H](C#N)C[C@@H]2C[C@H]1C2(C)C. The van der Waals surface area contributed by atoms with Gasteiger partial charge in [-0.15, -0.1) is 0 Å². The van der Waals surface area contributed by atoms with E-state index in [1.165, 1.54) is 6.42 Å². The van der Waals surface area contributed by atoms with E-state index in [-0.39, 0.29) is 0 Å². The molecule has 3 fully saturated rings. The van der Waals surface area contributed by atoms with Crippen molar-refractivity contribution in [3.8, 4) is 6.07 Å². The third-order valence-electron chi connectivity index (χ3n) is 4.52. The molecule has 0 aromatic carbocycles. The second kappa shape index (κ2) is 2.25. The highest BCUT2D eigenvalue weighted by Crippen LogP contribution is 2.62. The first kappa shape index (κ1) is 8.10. The van der Waals surface area contributed by atoms with Gasteiger partial charge in [-0.1, -0.05) is 20.8 Å². The molecule has 3 saturated carbocycles. The third kappa shape index (κ3) is 0.787. The van der Waals surface area contributed by atoms with Crippen molar-refractivity contribution in [2.75, 3.05) is 0 Å². The molecule has 3 rings (SSSR count). The van der Waals surface area contributed by atoms with Crippen molar-refractivity contribution in [1.82, 2.24) is 0 Å². The highest BCUT2D eigenvalue weighted by atomic mass is 14.6. The Balaban J connectivity index is 2.18. The molecule has 0 amide bonds. The molecule has 12 heavy (non-hydrogen) atoms. The number of hydrogen-bond donors (Lipinski definition) is 0. The summed E-state index contributed by atoms with van der Waals surface area (Å²) in [7, 11) is 0. The fraction of sp³-hybridized carbons (Fsp3) is 0.909. The molecule has 0 saturated heterocycles. The van der Waals surface area contributed by atoms with Crippen LogP contribution in [0, 0.1) is 40.4 Å². The maximum Gasteiger partial charge on any atom is 0.0658 e. The molecule has 3 aliphatic carbocycles. The van der Waals surface area contributed by atoms with Gasteiger partial charge in [0.1, 0.15) is 0 Å². The number of nitrogens with zero attached hydrogens (tertiary/aromatic N) is 1. The van der Waals surface area contributed by atoms with Crippen molar-refractivity contribution in [2.24, 2.45) is 29.1 Å². The highest BCUT2D eigenvalue weighted by Gasteiger charge is 2.56. The molecule has 0 unspecified atom stereocenters. The molecule has 0 aromatic heterocycles. The van der Waals surface area contributed by atoms with Crippen LogP contribution in [0.1, 0.15) is 33.6 Å². The Morgan fingerprint density at radius 2 is 2.00 bits per heavy atom. The van der Waals surface area contributed by atoms with E-state index in [0.29, 0.717) is 17.3 Å². The number of nitriles is 1. The van der Waals surface area contributed by atoms with E-state index >= 15 is 0 Å². The van der Waals surface area contributed by atoms with Gasteiger partial charge in [0.05, 0.1) is 6.07 Å². The van der Waals surface area contributed by atoms with E-state index in [1.54, 1.807) is 0 Å². The van der Waals surface area contributed by atoms with Crippen molar-refractivity contribution in [2.45, 2.75) is 33.6 Å². The molecule has 66 valence electrons. The Hall–Kier alpha value is -0.510. The van der Waals surface area contributed by atoms with Crippen molar-refractivity contribution in [3.63, 3.8) is 0 Å². The van der Waals surface area contributed by atoms with Crippen LogP contribution < -0.4 is 0 Å². The van der Waals surface area contributed by atoms with Crippen molar-refractivity contribution < 1.29 is 0 Å². The normalized spacial score (nSPS) is 49.2. The fourth-order valence-corrected chi connectivity index (χ4v) is 3.32. The van der Waals surface area contributed by atoms with E-state index in [2.05, 4.69) is 26.8 Å². The van der Waals surface area contributed by atoms with Gasteiger partial charge in [-0.25, -0.2) is 0 Å². The lowest BCUT2D eigenvalue weighted by atomic mass is 9.44. The predicted octanol–water partition coefficient (Wildman–Crippen LogP) is 2.83. The van der Waals surface area contributed by atoms with Crippen molar-refractivity contribution in [3.05, 3.63) is 0 Å². The van der Waals surface area contributed by atoms with Gasteiger partial charge in [0.15, 0.2) is 0 Å². The first-order valence-corrected chi connectivity index (χ1v) is 4.97. The summed E-state index contributed by atoms with van der Waals surface area (Å²) in [5.41, 5.74) is 0.534. The topological polar surface area (TPSA) is 23.8 Å². The lowest BCUT2D eigenvalue weighted by molar-refractivity contribution is -0.116. The number of fused-ring (bicyclic) bond motifs is 2. The van der Waals surface area contributed by atoms with E-state index in [4.69, 9.17) is 5.26 Å². The zero-order valence-electron chi connectivity index (χ0n) is 8.17. The lowest BCUT2D eigenvalue weighted by Crippen LogP contribution is -2.54. The van der Waals surface area contributed by atoms with Crippen LogP contribution in [0.4, 0.5) is 0 Å². The van der Waals surface area contributed by atoms with E-state index in [0.717, 1.165) is 18.3 Å². The van der Waals surface area contributed by atoms with Crippen LogP contribution in [0.15, 0.2) is 0 Å². The molecule has 4 atom stereocenters. The van der Waals surface area contributed by atoms with Gasteiger partial charge in [0.25, 0.3) is 0 Å². The molecule has 0 heterocycles. The Bertz CT molecular complexity index is 236. The van der Waals surface area contributed by atoms with E-state index in [9.17, 15) is 0 Å². The monoisotopic (exact) mass is 163 g/mol. The van der Waals surface area contributed by atoms with Crippen molar-refractivity contribution in [1.29, 1.82) is 5.26 Å². The first-order chi connectivity index (χ1) is 5.57. The molecule has 0 aromatic rings. The zero-order chi connectivity index (χ0) is 8.93. The molecule has 0 N–H and O–H groups in total. The molecular formula is C11H17N. The second-order valence-electron chi connectivity index (χ2n) is 5.19. The number of rotatable bonds is 0. The van der Waals surface area contributed by atoms with Gasteiger partial charge >= 0.3 is 0 Å². The second-order valence-corrected chi connectivity index (χ2v) is 5.19. The molecule has 3 aliphatic rings. The number of hydrogen-bond acceptors (Lipinski definition) is 1. The van der Waals surface area contributed by atoms with Gasteiger partial charge in [-0.3, -0.25) is 0 Å². The summed E-state index contributed by atoms with van der Waals surface area (Å²) >= 11 is 0. The third-order valence-corrected chi connectivity index (χ3v) is 4.52. The maximum atomic E-state index is 8.92. The zero-order valence-corrected chi connectivity index (χ0v) is 8.17. The van der Waals surface area contributed by atoms with Gasteiger partial charge in [-0.2, -0.15) is 5.26 Å². The van der Waals surface area contributed by atoms with Gasteiger partial charge < -0.3 is 0 Å². The smallest absolute Gasteiger partial charge is 0.0658 e. The van der Waals surface area contributed by atoms with Crippen LogP contribution in [-0.2, 0) is 0 Å². The predicted molar refractivity (Wildman–Crippen MR) is 48.3 cm³/mol. The van der Waals surface area contributed by atoms with Crippen LogP contribution in [0.25, 0.3) is 0 Å². The Morgan fingerprint density at radius 3 is 2.42 bits per heavy atom. The minimum absolute atomic E-state index is 0.349. The maximum absolute atomic E-state index is 8.92. The summed E-state index contributed by atoms with van der Waals surface area (Å²) in [5, 5.41) is 8.92. The molecule has 0 spiro atoms. The van der Waals surface area contributed by atoms with Crippen LogP contribution in [-0.4, -0.2) is 0 Å². The fourth-order valence-electron chi connectivity index (χ4n) is 3.32. The minimum Gasteiger partial charge on any atom is -0.198 e. The van der Waals surface area contributed by atoms with Crippen molar-refractivity contribution >= 4 is 0 Å². The van der Waals surface area contributed by atoms with Crippen LogP contribution in [0.5, 0.6) is 0 Å². The van der Waals surface area contributed by atoms with Crippen LogP contribution >= 0.6 is 0 Å². The summed E-state index contributed by atoms with van der Waals surface area (Å²) in [4.78, 5) is 0. The Labute approximate surface area is 74.8 Å². The summed E-state index contributed by atoms with van der Waals surface area (Å²) in [6, 6.07) is 2.45. The van der Waals surface area contributed by atoms with Crippen LogP contribution in [0.2, 0.25) is 0 Å². The summed E-state index contributed by atoms with van der Waals surface area (Å²) in [6.45, 7) is 7.00. The summed E-state index contributed by atoms with van der Waals surface area (Å²) in [5.74, 6) is 2.64.